The zero-order valence-corrected chi connectivity index (χ0v) is 14.9. The van der Waals surface area contributed by atoms with Crippen molar-refractivity contribution in [1.82, 2.24) is 4.90 Å². The Morgan fingerprint density at radius 3 is 2.37 bits per heavy atom. The highest BCUT2D eigenvalue weighted by molar-refractivity contribution is 6.06. The highest BCUT2D eigenvalue weighted by Crippen LogP contribution is 2.48. The van der Waals surface area contributed by atoms with E-state index in [1.54, 1.807) is 24.3 Å². The van der Waals surface area contributed by atoms with E-state index in [0.29, 0.717) is 24.6 Å². The van der Waals surface area contributed by atoms with Gasteiger partial charge < -0.3 is 20.5 Å². The topological polar surface area (TPSA) is 111 Å². The largest absolute Gasteiger partial charge is 0.492 e. The zero-order valence-electron chi connectivity index (χ0n) is 14.9. The molecule has 27 heavy (non-hydrogen) atoms. The van der Waals surface area contributed by atoms with Crippen LogP contribution in [0.4, 0.5) is 5.69 Å². The summed E-state index contributed by atoms with van der Waals surface area (Å²) in [5, 5.41) is 2.77. The van der Waals surface area contributed by atoms with Gasteiger partial charge in [-0.25, -0.2) is 0 Å². The van der Waals surface area contributed by atoms with E-state index in [1.807, 2.05) is 0 Å². The molecule has 3 amide bonds. The van der Waals surface area contributed by atoms with Crippen LogP contribution >= 0.6 is 0 Å². The average Bonchev–Trinajstić information content (AvgIpc) is 3.34. The van der Waals surface area contributed by atoms with E-state index in [4.69, 9.17) is 15.2 Å². The molecule has 3 aliphatic rings. The lowest BCUT2D eigenvalue weighted by Gasteiger charge is -2.17. The number of hydrogen-bond acceptors (Lipinski definition) is 6. The van der Waals surface area contributed by atoms with Crippen LogP contribution in [0.25, 0.3) is 0 Å². The van der Waals surface area contributed by atoms with Gasteiger partial charge >= 0.3 is 0 Å². The van der Waals surface area contributed by atoms with Crippen LogP contribution in [0.15, 0.2) is 24.3 Å². The second-order valence-electron chi connectivity index (χ2n) is 7.13. The van der Waals surface area contributed by atoms with Crippen molar-refractivity contribution < 1.29 is 23.9 Å². The number of nitrogens with zero attached hydrogens (tertiary/aromatic N) is 1. The summed E-state index contributed by atoms with van der Waals surface area (Å²) >= 11 is 0. The summed E-state index contributed by atoms with van der Waals surface area (Å²) in [5.74, 6) is -0.642. The number of fused-ring (bicyclic) bond motifs is 5. The van der Waals surface area contributed by atoms with Gasteiger partial charge in [0.15, 0.2) is 0 Å². The van der Waals surface area contributed by atoms with Crippen molar-refractivity contribution in [3.63, 3.8) is 0 Å². The second-order valence-corrected chi connectivity index (χ2v) is 7.13. The number of rotatable bonds is 7. The summed E-state index contributed by atoms with van der Waals surface area (Å²) in [4.78, 5) is 38.5. The Labute approximate surface area is 157 Å². The highest BCUT2D eigenvalue weighted by atomic mass is 16.5. The van der Waals surface area contributed by atoms with Crippen LogP contribution in [-0.2, 0) is 19.1 Å². The first-order chi connectivity index (χ1) is 13.1. The molecule has 4 unspecified atom stereocenters. The van der Waals surface area contributed by atoms with Gasteiger partial charge in [-0.15, -0.1) is 0 Å². The van der Waals surface area contributed by atoms with Crippen LogP contribution in [0.1, 0.15) is 19.3 Å². The van der Waals surface area contributed by atoms with Gasteiger partial charge in [0.05, 0.1) is 24.0 Å². The zero-order chi connectivity index (χ0) is 19.0. The maximum absolute atomic E-state index is 12.6. The third-order valence-electron chi connectivity index (χ3n) is 5.46. The molecule has 8 heteroatoms. The SMILES string of the molecule is NCCOc1ccc(NC(=O)CCN2C(=O)C3C4CCC(O4)C3C2=O)cc1. The molecule has 0 radical (unpaired) electrons. The third-order valence-corrected chi connectivity index (χ3v) is 5.46. The molecule has 3 aliphatic heterocycles. The number of anilines is 1. The van der Waals surface area contributed by atoms with Crippen molar-refractivity contribution in [1.29, 1.82) is 0 Å². The molecule has 2 bridgehead atoms. The summed E-state index contributed by atoms with van der Waals surface area (Å²) in [6, 6.07) is 6.95. The Balaban J connectivity index is 1.29. The van der Waals surface area contributed by atoms with Crippen LogP contribution in [0.3, 0.4) is 0 Å². The molecule has 8 nitrogen and oxygen atoms in total. The lowest BCUT2D eigenvalue weighted by Crippen LogP contribution is -2.36. The van der Waals surface area contributed by atoms with Gasteiger partial charge in [-0.3, -0.25) is 19.3 Å². The van der Waals surface area contributed by atoms with Gasteiger partial charge in [-0.05, 0) is 37.1 Å². The minimum absolute atomic E-state index is 0.0680. The van der Waals surface area contributed by atoms with E-state index < -0.39 is 0 Å². The van der Waals surface area contributed by atoms with E-state index in [2.05, 4.69) is 5.32 Å². The summed E-state index contributed by atoms with van der Waals surface area (Å²) < 4.78 is 11.1. The van der Waals surface area contributed by atoms with E-state index in [0.717, 1.165) is 12.8 Å². The highest BCUT2D eigenvalue weighted by Gasteiger charge is 2.62. The molecule has 3 saturated heterocycles. The summed E-state index contributed by atoms with van der Waals surface area (Å²) in [7, 11) is 0. The number of nitrogens with one attached hydrogen (secondary N) is 1. The number of carbonyl (C=O) groups excluding carboxylic acids is 3. The monoisotopic (exact) mass is 373 g/mol. The summed E-state index contributed by atoms with van der Waals surface area (Å²) in [6.07, 6.45) is 1.48. The van der Waals surface area contributed by atoms with E-state index in [-0.39, 0.29) is 54.7 Å². The van der Waals surface area contributed by atoms with Crippen molar-refractivity contribution in [2.24, 2.45) is 17.6 Å². The lowest BCUT2D eigenvalue weighted by molar-refractivity contribution is -0.142. The van der Waals surface area contributed by atoms with Crippen molar-refractivity contribution in [3.05, 3.63) is 24.3 Å². The Morgan fingerprint density at radius 1 is 1.15 bits per heavy atom. The Hall–Kier alpha value is -2.45. The normalized spacial score (nSPS) is 28.6. The number of imide groups is 1. The van der Waals surface area contributed by atoms with Gasteiger partial charge in [0.25, 0.3) is 0 Å². The minimum atomic E-state index is -0.347. The first-order valence-corrected chi connectivity index (χ1v) is 9.32. The number of benzene rings is 1. The molecule has 0 aliphatic carbocycles. The van der Waals surface area contributed by atoms with Gasteiger partial charge in [-0.1, -0.05) is 0 Å². The molecule has 1 aromatic rings. The standard InChI is InChI=1S/C19H23N3O5/c20-8-10-26-12-3-1-11(2-4-12)21-15(23)7-9-22-18(24)16-13-5-6-14(27-13)17(16)19(22)25/h1-4,13-14,16-17H,5-10,20H2,(H,21,23). The molecule has 0 saturated carbocycles. The molecule has 4 atom stereocenters. The van der Waals surface area contributed by atoms with Gasteiger partial charge in [0.2, 0.25) is 17.7 Å². The number of hydrogen-bond donors (Lipinski definition) is 2. The Morgan fingerprint density at radius 2 is 1.78 bits per heavy atom. The molecular weight excluding hydrogens is 350 g/mol. The second kappa shape index (κ2) is 7.28. The quantitative estimate of drug-likeness (QED) is 0.674. The van der Waals surface area contributed by atoms with E-state index >= 15 is 0 Å². The van der Waals surface area contributed by atoms with Crippen molar-refractivity contribution >= 4 is 23.4 Å². The fourth-order valence-corrected chi connectivity index (χ4v) is 4.24. The van der Waals surface area contributed by atoms with Crippen LogP contribution in [-0.4, -0.2) is 54.5 Å². The maximum atomic E-state index is 12.6. The Bertz CT molecular complexity index is 722. The maximum Gasteiger partial charge on any atom is 0.235 e. The van der Waals surface area contributed by atoms with Gasteiger partial charge in [-0.2, -0.15) is 0 Å². The minimum Gasteiger partial charge on any atom is -0.492 e. The predicted octanol–water partition coefficient (Wildman–Crippen LogP) is 0.515. The first-order valence-electron chi connectivity index (χ1n) is 9.32. The van der Waals surface area contributed by atoms with Crippen molar-refractivity contribution in [2.75, 3.05) is 25.0 Å². The number of amides is 3. The van der Waals surface area contributed by atoms with Crippen LogP contribution in [0.2, 0.25) is 0 Å². The van der Waals surface area contributed by atoms with Crippen molar-refractivity contribution in [2.45, 2.75) is 31.5 Å². The fraction of sp³-hybridized carbons (Fsp3) is 0.526. The predicted molar refractivity (Wildman–Crippen MR) is 95.8 cm³/mol. The number of likely N-dealkylation sites (tertiary alicyclic amines) is 1. The first kappa shape index (κ1) is 17.9. The molecule has 144 valence electrons. The number of ether oxygens (including phenoxy) is 2. The molecular formula is C19H23N3O5. The molecule has 0 spiro atoms. The van der Waals surface area contributed by atoms with E-state index in [1.165, 1.54) is 4.90 Å². The molecule has 1 aromatic carbocycles. The Kier molecular flexibility index (Phi) is 4.84. The van der Waals surface area contributed by atoms with E-state index in [9.17, 15) is 14.4 Å². The number of carbonyl (C=O) groups is 3. The van der Waals surface area contributed by atoms with Crippen LogP contribution in [0.5, 0.6) is 5.75 Å². The van der Waals surface area contributed by atoms with Crippen LogP contribution in [0, 0.1) is 11.8 Å². The van der Waals surface area contributed by atoms with Gasteiger partial charge in [0, 0.05) is 25.2 Å². The molecule has 4 rings (SSSR count). The lowest BCUT2D eigenvalue weighted by atomic mass is 9.81. The molecule has 3 fully saturated rings. The molecule has 0 aromatic heterocycles. The molecule has 3 N–H and O–H groups in total. The smallest absolute Gasteiger partial charge is 0.235 e. The third kappa shape index (κ3) is 3.30. The molecule has 3 heterocycles. The summed E-state index contributed by atoms with van der Waals surface area (Å²) in [5.41, 5.74) is 6.01. The van der Waals surface area contributed by atoms with Gasteiger partial charge in [0.1, 0.15) is 12.4 Å². The summed E-state index contributed by atoms with van der Waals surface area (Å²) in [6.45, 7) is 0.966. The van der Waals surface area contributed by atoms with Crippen LogP contribution < -0.4 is 15.8 Å². The number of nitrogens with two attached hydrogens (primary N) is 1. The average molecular weight is 373 g/mol. The fourth-order valence-electron chi connectivity index (χ4n) is 4.24. The van der Waals surface area contributed by atoms with Crippen molar-refractivity contribution in [3.8, 4) is 5.75 Å².